The number of aromatic amines is 1. The third-order valence-corrected chi connectivity index (χ3v) is 4.96. The Bertz CT molecular complexity index is 1260. The van der Waals surface area contributed by atoms with Gasteiger partial charge >= 0.3 is 0 Å². The smallest absolute Gasteiger partial charge is 0.271 e. The second kappa shape index (κ2) is 9.99. The van der Waals surface area contributed by atoms with Crippen molar-refractivity contribution in [1.29, 1.82) is 0 Å². The van der Waals surface area contributed by atoms with Crippen molar-refractivity contribution >= 4 is 23.2 Å². The van der Waals surface area contributed by atoms with E-state index in [1.807, 2.05) is 68.4 Å². The molecule has 3 aromatic carbocycles. The van der Waals surface area contributed by atoms with Crippen molar-refractivity contribution in [2.45, 2.75) is 26.4 Å². The molecule has 0 unspecified atom stereocenters. The fraction of sp³-hybridized carbons (Fsp3) is 0.192. The number of hydrazone groups is 1. The molecule has 1 heterocycles. The van der Waals surface area contributed by atoms with E-state index in [1.165, 1.54) is 0 Å². The molecule has 7 nitrogen and oxygen atoms in total. The molecular weight excluding hydrogens is 416 g/mol. The lowest BCUT2D eigenvalue weighted by Gasteiger charge is -2.09. The van der Waals surface area contributed by atoms with Crippen LogP contribution in [0, 0.1) is 0 Å². The van der Waals surface area contributed by atoms with E-state index >= 15 is 0 Å². The molecule has 0 spiro atoms. The molecule has 4 aromatic rings. The molecule has 0 fully saturated rings. The maximum atomic E-state index is 12.5. The van der Waals surface area contributed by atoms with E-state index in [9.17, 15) is 4.79 Å². The van der Waals surface area contributed by atoms with Gasteiger partial charge in [-0.25, -0.2) is 10.4 Å². The highest BCUT2D eigenvalue weighted by molar-refractivity contribution is 5.97. The number of hydrogen-bond acceptors (Lipinski definition) is 5. The number of nitrogens with one attached hydrogen (secondary N) is 2. The molecule has 0 aliphatic heterocycles. The molecule has 33 heavy (non-hydrogen) atoms. The van der Waals surface area contributed by atoms with E-state index in [-0.39, 0.29) is 12.0 Å². The van der Waals surface area contributed by atoms with Crippen LogP contribution >= 0.6 is 0 Å². The van der Waals surface area contributed by atoms with E-state index in [0.717, 1.165) is 39.5 Å². The average Bonchev–Trinajstić information content (AvgIpc) is 3.21. The summed E-state index contributed by atoms with van der Waals surface area (Å²) in [5.74, 6) is 2.15. The number of fused-ring (bicyclic) bond motifs is 1. The van der Waals surface area contributed by atoms with E-state index in [4.69, 9.17) is 9.47 Å². The summed E-state index contributed by atoms with van der Waals surface area (Å²) in [5, 5.41) is 4.06. The Morgan fingerprint density at radius 3 is 2.48 bits per heavy atom. The molecule has 0 saturated heterocycles. The first-order valence-corrected chi connectivity index (χ1v) is 10.7. The summed E-state index contributed by atoms with van der Waals surface area (Å²) in [6.45, 7) is 3.96. The summed E-state index contributed by atoms with van der Waals surface area (Å²) in [4.78, 5) is 20.4. The van der Waals surface area contributed by atoms with Crippen molar-refractivity contribution < 1.29 is 14.3 Å². The molecule has 168 valence electrons. The van der Waals surface area contributed by atoms with Gasteiger partial charge in [-0.3, -0.25) is 4.79 Å². The van der Waals surface area contributed by atoms with Crippen molar-refractivity contribution in [3.63, 3.8) is 0 Å². The Morgan fingerprint density at radius 2 is 1.79 bits per heavy atom. The third kappa shape index (κ3) is 5.77. The molecule has 0 saturated carbocycles. The van der Waals surface area contributed by atoms with Crippen LogP contribution in [0.3, 0.4) is 0 Å². The zero-order valence-corrected chi connectivity index (χ0v) is 18.8. The second-order valence-electron chi connectivity index (χ2n) is 7.88. The van der Waals surface area contributed by atoms with Crippen molar-refractivity contribution in [3.05, 3.63) is 89.2 Å². The maximum Gasteiger partial charge on any atom is 0.271 e. The van der Waals surface area contributed by atoms with Gasteiger partial charge in [0.05, 0.1) is 30.5 Å². The number of benzene rings is 3. The third-order valence-electron chi connectivity index (χ3n) is 4.96. The highest BCUT2D eigenvalue weighted by atomic mass is 16.5. The topological polar surface area (TPSA) is 88.6 Å². The largest absolute Gasteiger partial charge is 0.497 e. The van der Waals surface area contributed by atoms with Gasteiger partial charge < -0.3 is 14.5 Å². The zero-order chi connectivity index (χ0) is 23.2. The molecular formula is C26H26N4O3. The summed E-state index contributed by atoms with van der Waals surface area (Å²) < 4.78 is 10.8. The minimum atomic E-state index is -0.292. The SMILES string of the molecule is COc1ccc(Cc2nc3ccc(C(=O)N/N=C\c4ccc(OC(C)C)cc4)cc3[nH]2)cc1. The number of H-pyrrole nitrogens is 1. The summed E-state index contributed by atoms with van der Waals surface area (Å²) >= 11 is 0. The number of imidazole rings is 1. The summed E-state index contributed by atoms with van der Waals surface area (Å²) in [6, 6.07) is 20.7. The van der Waals surface area contributed by atoms with Crippen LogP contribution in [0.1, 0.15) is 41.2 Å². The van der Waals surface area contributed by atoms with Crippen molar-refractivity contribution in [2.75, 3.05) is 7.11 Å². The van der Waals surface area contributed by atoms with Gasteiger partial charge in [-0.15, -0.1) is 0 Å². The molecule has 0 atom stereocenters. The molecule has 0 radical (unpaired) electrons. The lowest BCUT2D eigenvalue weighted by atomic mass is 10.1. The number of methoxy groups -OCH3 is 1. The molecule has 4 rings (SSSR count). The van der Waals surface area contributed by atoms with E-state index in [0.29, 0.717) is 12.0 Å². The van der Waals surface area contributed by atoms with Crippen LogP contribution in [0.5, 0.6) is 11.5 Å². The first kappa shape index (κ1) is 22.1. The lowest BCUT2D eigenvalue weighted by Crippen LogP contribution is -2.17. The normalized spacial score (nSPS) is 11.3. The average molecular weight is 443 g/mol. The number of rotatable bonds is 8. The fourth-order valence-electron chi connectivity index (χ4n) is 3.36. The van der Waals surface area contributed by atoms with Crippen LogP contribution < -0.4 is 14.9 Å². The predicted octanol–water partition coefficient (Wildman–Crippen LogP) is 4.71. The van der Waals surface area contributed by atoms with Crippen molar-refractivity contribution in [2.24, 2.45) is 5.10 Å². The number of nitrogens with zero attached hydrogens (tertiary/aromatic N) is 2. The zero-order valence-electron chi connectivity index (χ0n) is 18.8. The quantitative estimate of drug-likeness (QED) is 0.305. The number of ether oxygens (including phenoxy) is 2. The monoisotopic (exact) mass is 442 g/mol. The van der Waals surface area contributed by atoms with Crippen LogP contribution in [-0.2, 0) is 6.42 Å². The Hall–Kier alpha value is -4.13. The Balaban J connectivity index is 1.39. The van der Waals surface area contributed by atoms with Crippen LogP contribution in [-0.4, -0.2) is 35.3 Å². The van der Waals surface area contributed by atoms with Gasteiger partial charge in [0.25, 0.3) is 5.91 Å². The molecule has 2 N–H and O–H groups in total. The number of carbonyl (C=O) groups is 1. The number of aromatic nitrogens is 2. The minimum absolute atomic E-state index is 0.120. The first-order valence-electron chi connectivity index (χ1n) is 10.7. The van der Waals surface area contributed by atoms with Gasteiger partial charge in [0.15, 0.2) is 0 Å². The van der Waals surface area contributed by atoms with Gasteiger partial charge in [-0.2, -0.15) is 5.10 Å². The first-order chi connectivity index (χ1) is 16.0. The molecule has 1 aromatic heterocycles. The maximum absolute atomic E-state index is 12.5. The fourth-order valence-corrected chi connectivity index (χ4v) is 3.36. The van der Waals surface area contributed by atoms with E-state index in [2.05, 4.69) is 20.5 Å². The van der Waals surface area contributed by atoms with Gasteiger partial charge in [0, 0.05) is 12.0 Å². The van der Waals surface area contributed by atoms with E-state index in [1.54, 1.807) is 25.5 Å². The summed E-state index contributed by atoms with van der Waals surface area (Å²) in [7, 11) is 1.65. The molecule has 1 amide bonds. The van der Waals surface area contributed by atoms with Crippen LogP contribution in [0.25, 0.3) is 11.0 Å². The van der Waals surface area contributed by atoms with Crippen molar-refractivity contribution in [1.82, 2.24) is 15.4 Å². The van der Waals surface area contributed by atoms with Crippen molar-refractivity contribution in [3.8, 4) is 11.5 Å². The standard InChI is InChI=1S/C26H26N4O3/c1-17(2)33-22-11-6-19(7-12-22)16-27-30-26(31)20-8-13-23-24(15-20)29-25(28-23)14-18-4-9-21(32-3)10-5-18/h4-13,15-17H,14H2,1-3H3,(H,28,29)(H,30,31)/b27-16-. The summed E-state index contributed by atoms with van der Waals surface area (Å²) in [5.41, 5.74) is 6.66. The molecule has 7 heteroatoms. The van der Waals surface area contributed by atoms with Gasteiger partial charge in [0.2, 0.25) is 0 Å². The predicted molar refractivity (Wildman–Crippen MR) is 129 cm³/mol. The van der Waals surface area contributed by atoms with Gasteiger partial charge in [-0.05, 0) is 79.6 Å². The Kier molecular flexibility index (Phi) is 6.69. The number of hydrogen-bond donors (Lipinski definition) is 2. The van der Waals surface area contributed by atoms with E-state index < -0.39 is 0 Å². The Labute approximate surface area is 192 Å². The highest BCUT2D eigenvalue weighted by Gasteiger charge is 2.09. The lowest BCUT2D eigenvalue weighted by molar-refractivity contribution is 0.0955. The van der Waals surface area contributed by atoms with Gasteiger partial charge in [0.1, 0.15) is 17.3 Å². The summed E-state index contributed by atoms with van der Waals surface area (Å²) in [6.07, 6.45) is 2.37. The number of amides is 1. The second-order valence-corrected chi connectivity index (χ2v) is 7.88. The highest BCUT2D eigenvalue weighted by Crippen LogP contribution is 2.18. The molecule has 0 aliphatic carbocycles. The van der Waals surface area contributed by atoms with Crippen LogP contribution in [0.2, 0.25) is 0 Å². The van der Waals surface area contributed by atoms with Crippen LogP contribution in [0.15, 0.2) is 71.8 Å². The number of carbonyl (C=O) groups excluding carboxylic acids is 1. The molecule has 0 bridgehead atoms. The minimum Gasteiger partial charge on any atom is -0.497 e. The molecule has 0 aliphatic rings. The van der Waals surface area contributed by atoms with Crippen LogP contribution in [0.4, 0.5) is 0 Å². The Morgan fingerprint density at radius 1 is 1.06 bits per heavy atom. The van der Waals surface area contributed by atoms with Gasteiger partial charge in [-0.1, -0.05) is 12.1 Å².